The topological polar surface area (TPSA) is 79.9 Å². The molecule has 1 aliphatic carbocycles. The Morgan fingerprint density at radius 1 is 1.48 bits per heavy atom. The highest BCUT2D eigenvalue weighted by molar-refractivity contribution is 5.86. The monoisotopic (exact) mass is 290 g/mol. The van der Waals surface area contributed by atoms with Gasteiger partial charge in [0.25, 0.3) is 0 Å². The molecule has 0 saturated carbocycles. The average Bonchev–Trinajstić information content (AvgIpc) is 2.99. The second-order valence-corrected chi connectivity index (χ2v) is 5.37. The van der Waals surface area contributed by atoms with Gasteiger partial charge in [-0.2, -0.15) is 0 Å². The molecule has 1 aromatic heterocycles. The maximum Gasteiger partial charge on any atom is 0.305 e. The third-order valence-electron chi connectivity index (χ3n) is 4.17. The molecule has 0 spiro atoms. The average molecular weight is 290 g/mol. The number of furan rings is 1. The molecular formula is C16H18O5. The van der Waals surface area contributed by atoms with E-state index in [9.17, 15) is 15.0 Å². The van der Waals surface area contributed by atoms with Crippen molar-refractivity contribution < 1.29 is 24.2 Å². The molecule has 5 nitrogen and oxygen atoms in total. The maximum atomic E-state index is 11.3. The smallest absolute Gasteiger partial charge is 0.305 e. The maximum absolute atomic E-state index is 11.3. The van der Waals surface area contributed by atoms with Gasteiger partial charge in [0, 0.05) is 29.7 Å². The van der Waals surface area contributed by atoms with Crippen LogP contribution in [0.5, 0.6) is 0 Å². The van der Waals surface area contributed by atoms with Crippen molar-refractivity contribution in [3.63, 3.8) is 0 Å². The molecule has 2 N–H and O–H groups in total. The van der Waals surface area contributed by atoms with Gasteiger partial charge >= 0.3 is 5.97 Å². The molecule has 3 rings (SSSR count). The van der Waals surface area contributed by atoms with Gasteiger partial charge in [0.15, 0.2) is 0 Å². The van der Waals surface area contributed by atoms with Crippen LogP contribution < -0.4 is 0 Å². The van der Waals surface area contributed by atoms with Gasteiger partial charge in [-0.25, -0.2) is 0 Å². The summed E-state index contributed by atoms with van der Waals surface area (Å²) in [4.78, 5) is 11.3. The number of aryl methyl sites for hydroxylation is 1. The van der Waals surface area contributed by atoms with Crippen LogP contribution in [0.3, 0.4) is 0 Å². The number of hydrogen-bond donors (Lipinski definition) is 2. The molecule has 0 fully saturated rings. The molecule has 1 aliphatic rings. The van der Waals surface area contributed by atoms with Gasteiger partial charge in [-0.05, 0) is 12.0 Å². The van der Waals surface area contributed by atoms with Crippen molar-refractivity contribution in [2.45, 2.75) is 31.3 Å². The molecule has 112 valence electrons. The zero-order chi connectivity index (χ0) is 15.0. The van der Waals surface area contributed by atoms with Gasteiger partial charge in [-0.3, -0.25) is 4.79 Å². The Balaban J connectivity index is 1.99. The number of carbonyl (C=O) groups is 1. The normalized spacial score (nSPS) is 20.7. The van der Waals surface area contributed by atoms with Gasteiger partial charge in [-0.15, -0.1) is 0 Å². The van der Waals surface area contributed by atoms with Crippen molar-refractivity contribution in [1.82, 2.24) is 0 Å². The zero-order valence-electron chi connectivity index (χ0n) is 11.8. The lowest BCUT2D eigenvalue weighted by molar-refractivity contribution is -0.140. The summed E-state index contributed by atoms with van der Waals surface area (Å²) < 4.78 is 10.5. The summed E-state index contributed by atoms with van der Waals surface area (Å²) in [5, 5.41) is 20.3. The van der Waals surface area contributed by atoms with Crippen molar-refractivity contribution in [2.24, 2.45) is 0 Å². The first-order valence-corrected chi connectivity index (χ1v) is 7.04. The number of methoxy groups -OCH3 is 1. The Morgan fingerprint density at radius 3 is 3.00 bits per heavy atom. The van der Waals surface area contributed by atoms with Crippen molar-refractivity contribution in [2.75, 3.05) is 13.7 Å². The van der Waals surface area contributed by atoms with Crippen LogP contribution in [0.15, 0.2) is 22.6 Å². The van der Waals surface area contributed by atoms with Gasteiger partial charge in [0.2, 0.25) is 0 Å². The van der Waals surface area contributed by atoms with Gasteiger partial charge < -0.3 is 19.4 Å². The number of benzene rings is 1. The molecule has 1 aromatic carbocycles. The van der Waals surface area contributed by atoms with Crippen molar-refractivity contribution in [1.29, 1.82) is 0 Å². The Kier molecular flexibility index (Phi) is 3.69. The van der Waals surface area contributed by atoms with E-state index in [0.717, 1.165) is 27.9 Å². The molecule has 0 bridgehead atoms. The minimum absolute atomic E-state index is 0.102. The fraction of sp³-hybridized carbons (Fsp3) is 0.438. The number of hydrogen-bond acceptors (Lipinski definition) is 5. The van der Waals surface area contributed by atoms with Crippen LogP contribution in [0.1, 0.15) is 29.2 Å². The zero-order valence-corrected chi connectivity index (χ0v) is 11.8. The number of aliphatic hydroxyl groups excluding tert-OH is 2. The second kappa shape index (κ2) is 5.50. The summed E-state index contributed by atoms with van der Waals surface area (Å²) in [6, 6.07) is 5.76. The minimum atomic E-state index is -0.591. The van der Waals surface area contributed by atoms with E-state index in [1.54, 1.807) is 0 Å². The predicted molar refractivity (Wildman–Crippen MR) is 76.1 cm³/mol. The first-order chi connectivity index (χ1) is 10.2. The fourth-order valence-electron chi connectivity index (χ4n) is 3.08. The number of para-hydroxylation sites is 1. The third kappa shape index (κ3) is 2.32. The van der Waals surface area contributed by atoms with Crippen molar-refractivity contribution in [3.05, 3.63) is 35.1 Å². The van der Waals surface area contributed by atoms with E-state index >= 15 is 0 Å². The van der Waals surface area contributed by atoms with Gasteiger partial charge in [-0.1, -0.05) is 18.2 Å². The Labute approximate surface area is 122 Å². The summed E-state index contributed by atoms with van der Waals surface area (Å²) in [7, 11) is 1.37. The van der Waals surface area contributed by atoms with Crippen molar-refractivity contribution >= 4 is 16.9 Å². The molecular weight excluding hydrogens is 272 g/mol. The van der Waals surface area contributed by atoms with E-state index in [0.29, 0.717) is 19.3 Å². The highest BCUT2D eigenvalue weighted by Gasteiger charge is 2.36. The SMILES string of the molecule is COC(=O)CCc1cccc2c3c(oc12)C[C@@H](O)[C@@H]3CO. The molecule has 21 heavy (non-hydrogen) atoms. The summed E-state index contributed by atoms with van der Waals surface area (Å²) in [6.07, 6.45) is 0.674. The molecule has 1 heterocycles. The molecule has 0 aliphatic heterocycles. The lowest BCUT2D eigenvalue weighted by Crippen LogP contribution is -2.16. The minimum Gasteiger partial charge on any atom is -0.469 e. The quantitative estimate of drug-likeness (QED) is 0.835. The largest absolute Gasteiger partial charge is 0.469 e. The van der Waals surface area contributed by atoms with E-state index in [1.165, 1.54) is 7.11 Å². The highest BCUT2D eigenvalue weighted by Crippen LogP contribution is 2.41. The summed E-state index contributed by atoms with van der Waals surface area (Å²) in [6.45, 7) is -0.102. The fourth-order valence-corrected chi connectivity index (χ4v) is 3.08. The number of rotatable bonds is 4. The molecule has 2 aromatic rings. The van der Waals surface area contributed by atoms with Gasteiger partial charge in [0.1, 0.15) is 11.3 Å². The Hall–Kier alpha value is -1.85. The first kappa shape index (κ1) is 14.1. The van der Waals surface area contributed by atoms with E-state index in [2.05, 4.69) is 4.74 Å². The molecule has 0 saturated heterocycles. The van der Waals surface area contributed by atoms with E-state index in [4.69, 9.17) is 4.42 Å². The molecule has 0 amide bonds. The van der Waals surface area contributed by atoms with Crippen LogP contribution in [0.25, 0.3) is 11.0 Å². The van der Waals surface area contributed by atoms with Crippen LogP contribution in [0.4, 0.5) is 0 Å². The lowest BCUT2D eigenvalue weighted by Gasteiger charge is -2.12. The van der Waals surface area contributed by atoms with Crippen LogP contribution in [-0.4, -0.2) is 36.0 Å². The van der Waals surface area contributed by atoms with Crippen LogP contribution in [-0.2, 0) is 22.4 Å². The van der Waals surface area contributed by atoms with Crippen molar-refractivity contribution in [3.8, 4) is 0 Å². The Morgan fingerprint density at radius 2 is 2.29 bits per heavy atom. The number of fused-ring (bicyclic) bond motifs is 3. The van der Waals surface area contributed by atoms with Gasteiger partial charge in [0.05, 0.1) is 19.8 Å². The molecule has 5 heteroatoms. The number of esters is 1. The summed E-state index contributed by atoms with van der Waals surface area (Å²) in [5.74, 6) is 0.189. The second-order valence-electron chi connectivity index (χ2n) is 5.37. The molecule has 0 unspecified atom stereocenters. The molecule has 2 atom stereocenters. The first-order valence-electron chi connectivity index (χ1n) is 7.04. The summed E-state index contributed by atoms with van der Waals surface area (Å²) in [5.41, 5.74) is 2.59. The van der Waals surface area contributed by atoms with Crippen LogP contribution in [0, 0.1) is 0 Å². The van der Waals surface area contributed by atoms with Crippen LogP contribution >= 0.6 is 0 Å². The number of aliphatic hydroxyl groups is 2. The third-order valence-corrected chi connectivity index (χ3v) is 4.17. The van der Waals surface area contributed by atoms with Crippen LogP contribution in [0.2, 0.25) is 0 Å². The van der Waals surface area contributed by atoms with E-state index < -0.39 is 6.10 Å². The number of ether oxygens (including phenoxy) is 1. The Bertz CT molecular complexity index is 673. The summed E-state index contributed by atoms with van der Waals surface area (Å²) >= 11 is 0. The highest BCUT2D eigenvalue weighted by atomic mass is 16.5. The lowest BCUT2D eigenvalue weighted by atomic mass is 9.97. The number of carbonyl (C=O) groups excluding carboxylic acids is 1. The van der Waals surface area contributed by atoms with E-state index in [-0.39, 0.29) is 18.5 Å². The predicted octanol–water partition coefficient (Wildman–Crippen LogP) is 1.53. The standard InChI is InChI=1S/C16H18O5/c1-20-14(19)6-5-9-3-2-4-10-15-11(8-17)12(18)7-13(15)21-16(9)10/h2-4,11-12,17-18H,5-8H2,1H3/t11-,12+/m0/s1. The molecule has 0 radical (unpaired) electrons. The van der Waals surface area contributed by atoms with E-state index in [1.807, 2.05) is 18.2 Å².